The standard InChI is InChI=1S/C28H41N5O4S/c1-18(2)16-22(23(34)25-31-32-27(37-25)38-19(3)4)29-26(36)28(14-8-7-9-15-28)30-24(35)21-12-10-20(11-13-21)17-33(5)6/h10-13,18-19,22H,7-9,14-17H2,1-6H3,(H,29,36)(H,30,35). The minimum atomic E-state index is -1.08. The summed E-state index contributed by atoms with van der Waals surface area (Å²) in [6, 6.07) is 6.60. The number of Topliss-reactive ketones (excluding diaryl/α,β-unsaturated/α-hetero) is 1. The van der Waals surface area contributed by atoms with Gasteiger partial charge < -0.3 is 20.0 Å². The Morgan fingerprint density at radius 1 is 1.03 bits per heavy atom. The number of rotatable bonds is 12. The molecule has 9 nitrogen and oxygen atoms in total. The van der Waals surface area contributed by atoms with E-state index in [2.05, 4.69) is 25.7 Å². The van der Waals surface area contributed by atoms with Gasteiger partial charge in [0.25, 0.3) is 17.0 Å². The van der Waals surface area contributed by atoms with Crippen molar-refractivity contribution in [2.45, 2.75) is 94.8 Å². The van der Waals surface area contributed by atoms with Gasteiger partial charge in [-0.15, -0.1) is 10.2 Å². The van der Waals surface area contributed by atoms with Crippen molar-refractivity contribution < 1.29 is 18.8 Å². The van der Waals surface area contributed by atoms with Gasteiger partial charge >= 0.3 is 0 Å². The number of nitrogens with one attached hydrogen (secondary N) is 2. The molecule has 1 aromatic heterocycles. The van der Waals surface area contributed by atoms with Gasteiger partial charge in [0.15, 0.2) is 0 Å². The fourth-order valence-electron chi connectivity index (χ4n) is 4.69. The van der Waals surface area contributed by atoms with E-state index in [0.717, 1.165) is 31.4 Å². The molecule has 1 atom stereocenters. The highest BCUT2D eigenvalue weighted by molar-refractivity contribution is 7.99. The Hall–Kier alpha value is -2.72. The summed E-state index contributed by atoms with van der Waals surface area (Å²) in [6.45, 7) is 8.73. The molecule has 1 saturated carbocycles. The van der Waals surface area contributed by atoms with E-state index in [9.17, 15) is 14.4 Å². The summed E-state index contributed by atoms with van der Waals surface area (Å²) in [4.78, 5) is 42.5. The number of thioether (sulfide) groups is 1. The topological polar surface area (TPSA) is 117 Å². The second-order valence-electron chi connectivity index (χ2n) is 11.1. The minimum Gasteiger partial charge on any atom is -0.408 e. The van der Waals surface area contributed by atoms with Crippen molar-refractivity contribution in [2.24, 2.45) is 5.92 Å². The average molecular weight is 544 g/mol. The maximum atomic E-state index is 13.8. The molecule has 1 unspecified atom stereocenters. The monoisotopic (exact) mass is 543 g/mol. The summed E-state index contributed by atoms with van der Waals surface area (Å²) in [6.07, 6.45) is 4.08. The maximum Gasteiger partial charge on any atom is 0.286 e. The average Bonchev–Trinajstić information content (AvgIpc) is 3.31. The van der Waals surface area contributed by atoms with E-state index in [1.807, 2.05) is 53.9 Å². The highest BCUT2D eigenvalue weighted by Crippen LogP contribution is 2.30. The molecule has 0 bridgehead atoms. The van der Waals surface area contributed by atoms with Crippen molar-refractivity contribution in [2.75, 3.05) is 14.1 Å². The molecular weight excluding hydrogens is 502 g/mol. The third-order valence-corrected chi connectivity index (χ3v) is 7.33. The number of aromatic nitrogens is 2. The first kappa shape index (κ1) is 29.8. The molecule has 1 fully saturated rings. The van der Waals surface area contributed by atoms with Crippen LogP contribution in [0.3, 0.4) is 0 Å². The number of hydrogen-bond donors (Lipinski definition) is 2. The van der Waals surface area contributed by atoms with Gasteiger partial charge in [0.1, 0.15) is 5.54 Å². The lowest BCUT2D eigenvalue weighted by Gasteiger charge is -2.37. The van der Waals surface area contributed by atoms with Crippen molar-refractivity contribution in [3.05, 3.63) is 41.3 Å². The lowest BCUT2D eigenvalue weighted by molar-refractivity contribution is -0.129. The first-order chi connectivity index (χ1) is 18.0. The zero-order valence-electron chi connectivity index (χ0n) is 23.4. The van der Waals surface area contributed by atoms with Crippen molar-refractivity contribution in [1.82, 2.24) is 25.7 Å². The number of benzene rings is 1. The highest BCUT2D eigenvalue weighted by atomic mass is 32.2. The molecule has 0 aliphatic heterocycles. The Balaban J connectivity index is 1.78. The van der Waals surface area contributed by atoms with Gasteiger partial charge in [0.2, 0.25) is 11.7 Å². The van der Waals surface area contributed by atoms with Crippen LogP contribution in [-0.4, -0.2) is 63.6 Å². The molecule has 0 radical (unpaired) electrons. The first-order valence-corrected chi connectivity index (χ1v) is 14.3. The quantitative estimate of drug-likeness (QED) is 0.297. The van der Waals surface area contributed by atoms with E-state index in [1.54, 1.807) is 12.1 Å². The van der Waals surface area contributed by atoms with E-state index in [4.69, 9.17) is 4.42 Å². The number of ketones is 1. The summed E-state index contributed by atoms with van der Waals surface area (Å²) < 4.78 is 5.59. The van der Waals surface area contributed by atoms with Crippen molar-refractivity contribution in [3.8, 4) is 0 Å². The fraction of sp³-hybridized carbons (Fsp3) is 0.607. The van der Waals surface area contributed by atoms with Crippen LogP contribution in [-0.2, 0) is 11.3 Å². The SMILES string of the molecule is CC(C)CC(NC(=O)C1(NC(=O)c2ccc(CN(C)C)cc2)CCCCC1)C(=O)c1nnc(SC(C)C)o1. The zero-order chi connectivity index (χ0) is 27.9. The number of hydrogen-bond acceptors (Lipinski definition) is 8. The summed E-state index contributed by atoms with van der Waals surface area (Å²) in [5.74, 6) is -1.03. The zero-order valence-corrected chi connectivity index (χ0v) is 24.2. The summed E-state index contributed by atoms with van der Waals surface area (Å²) >= 11 is 1.38. The number of amides is 2. The Morgan fingerprint density at radius 3 is 2.26 bits per heavy atom. The molecule has 0 spiro atoms. The van der Waals surface area contributed by atoms with Crippen LogP contribution in [0.25, 0.3) is 0 Å². The lowest BCUT2D eigenvalue weighted by atomic mass is 9.80. The molecule has 0 saturated heterocycles. The highest BCUT2D eigenvalue weighted by Gasteiger charge is 2.43. The van der Waals surface area contributed by atoms with Crippen LogP contribution < -0.4 is 10.6 Å². The van der Waals surface area contributed by atoms with Crippen LogP contribution in [0.2, 0.25) is 0 Å². The van der Waals surface area contributed by atoms with Crippen molar-refractivity contribution >= 4 is 29.4 Å². The van der Waals surface area contributed by atoms with Gasteiger partial charge in [-0.2, -0.15) is 0 Å². The van der Waals surface area contributed by atoms with E-state index in [0.29, 0.717) is 30.0 Å². The summed E-state index contributed by atoms with van der Waals surface area (Å²) in [5, 5.41) is 14.5. The second-order valence-corrected chi connectivity index (χ2v) is 12.6. The molecule has 1 aromatic carbocycles. The Bertz CT molecular complexity index is 1090. The Labute approximate surface area is 229 Å². The van der Waals surface area contributed by atoms with Gasteiger partial charge in [-0.05, 0) is 57.0 Å². The van der Waals surface area contributed by atoms with Gasteiger partial charge in [-0.25, -0.2) is 0 Å². The van der Waals surface area contributed by atoms with E-state index < -0.39 is 17.4 Å². The summed E-state index contributed by atoms with van der Waals surface area (Å²) in [7, 11) is 3.98. The minimum absolute atomic E-state index is 0.112. The van der Waals surface area contributed by atoms with Crippen molar-refractivity contribution in [3.63, 3.8) is 0 Å². The third kappa shape index (κ3) is 8.14. The smallest absolute Gasteiger partial charge is 0.286 e. The third-order valence-electron chi connectivity index (χ3n) is 6.49. The lowest BCUT2D eigenvalue weighted by Crippen LogP contribution is -2.62. The van der Waals surface area contributed by atoms with E-state index in [-0.39, 0.29) is 28.9 Å². The fourth-order valence-corrected chi connectivity index (χ4v) is 5.31. The molecule has 2 aromatic rings. The van der Waals surface area contributed by atoms with Crippen LogP contribution in [0.5, 0.6) is 0 Å². The summed E-state index contributed by atoms with van der Waals surface area (Å²) in [5.41, 5.74) is 0.518. The van der Waals surface area contributed by atoms with Crippen LogP contribution in [0.1, 0.15) is 92.8 Å². The van der Waals surface area contributed by atoms with Crippen molar-refractivity contribution in [1.29, 1.82) is 0 Å². The normalized spacial score (nSPS) is 16.0. The molecule has 2 N–H and O–H groups in total. The van der Waals surface area contributed by atoms with Crippen LogP contribution in [0.15, 0.2) is 33.9 Å². The molecular formula is C28H41N5O4S. The molecule has 2 amide bonds. The van der Waals surface area contributed by atoms with E-state index >= 15 is 0 Å². The second kappa shape index (κ2) is 13.4. The molecule has 1 aliphatic rings. The molecule has 1 aliphatic carbocycles. The number of carbonyl (C=O) groups excluding carboxylic acids is 3. The van der Waals surface area contributed by atoms with Gasteiger partial charge in [-0.1, -0.05) is 70.9 Å². The predicted molar refractivity (Wildman–Crippen MR) is 148 cm³/mol. The largest absolute Gasteiger partial charge is 0.408 e. The predicted octanol–water partition coefficient (Wildman–Crippen LogP) is 4.48. The number of carbonyl (C=O) groups is 3. The first-order valence-electron chi connectivity index (χ1n) is 13.4. The van der Waals surface area contributed by atoms with Gasteiger partial charge in [-0.3, -0.25) is 14.4 Å². The van der Waals surface area contributed by atoms with Gasteiger partial charge in [0.05, 0.1) is 6.04 Å². The Kier molecular flexibility index (Phi) is 10.5. The van der Waals surface area contributed by atoms with Crippen LogP contribution >= 0.6 is 11.8 Å². The molecule has 1 heterocycles. The molecule has 3 rings (SSSR count). The Morgan fingerprint density at radius 2 is 1.68 bits per heavy atom. The molecule has 10 heteroatoms. The van der Waals surface area contributed by atoms with E-state index in [1.165, 1.54) is 11.8 Å². The maximum absolute atomic E-state index is 13.8. The molecule has 208 valence electrons. The number of nitrogens with zero attached hydrogens (tertiary/aromatic N) is 3. The van der Waals surface area contributed by atoms with Crippen LogP contribution in [0.4, 0.5) is 0 Å². The van der Waals surface area contributed by atoms with Gasteiger partial charge in [0, 0.05) is 17.4 Å². The van der Waals surface area contributed by atoms with Crippen LogP contribution in [0, 0.1) is 5.92 Å². The molecule has 38 heavy (non-hydrogen) atoms.